The molecule has 0 saturated carbocycles. The van der Waals surface area contributed by atoms with E-state index >= 15 is 0 Å². The zero-order valence-corrected chi connectivity index (χ0v) is 15.9. The van der Waals surface area contributed by atoms with Gasteiger partial charge >= 0.3 is 0 Å². The van der Waals surface area contributed by atoms with E-state index < -0.39 is 5.41 Å². The van der Waals surface area contributed by atoms with Gasteiger partial charge in [0.1, 0.15) is 11.4 Å². The second kappa shape index (κ2) is 7.79. The third kappa shape index (κ3) is 3.93. The van der Waals surface area contributed by atoms with Gasteiger partial charge in [-0.15, -0.1) is 0 Å². The second-order valence-electron chi connectivity index (χ2n) is 7.73. The van der Waals surface area contributed by atoms with Crippen molar-refractivity contribution in [3.05, 3.63) is 82.0 Å². The molecule has 1 fully saturated rings. The van der Waals surface area contributed by atoms with Gasteiger partial charge in [-0.3, -0.25) is 9.59 Å². The molecule has 1 N–H and O–H groups in total. The van der Waals surface area contributed by atoms with Crippen LogP contribution < -0.4 is 5.43 Å². The van der Waals surface area contributed by atoms with Gasteiger partial charge in [0.15, 0.2) is 11.2 Å². The van der Waals surface area contributed by atoms with E-state index in [4.69, 9.17) is 4.42 Å². The third-order valence-electron chi connectivity index (χ3n) is 5.76. The van der Waals surface area contributed by atoms with Gasteiger partial charge < -0.3 is 14.4 Å². The van der Waals surface area contributed by atoms with E-state index in [9.17, 15) is 19.1 Å². The van der Waals surface area contributed by atoms with Gasteiger partial charge in [0.25, 0.3) is 5.91 Å². The van der Waals surface area contributed by atoms with Crippen molar-refractivity contribution >= 4 is 16.9 Å². The summed E-state index contributed by atoms with van der Waals surface area (Å²) in [6.45, 7) is 0.840. The Hall–Kier alpha value is -2.99. The fourth-order valence-corrected chi connectivity index (χ4v) is 4.02. The first-order valence-corrected chi connectivity index (χ1v) is 9.67. The van der Waals surface area contributed by atoms with Crippen molar-refractivity contribution in [3.63, 3.8) is 0 Å². The lowest BCUT2D eigenvalue weighted by Gasteiger charge is -2.40. The molecule has 1 aromatic heterocycles. The summed E-state index contributed by atoms with van der Waals surface area (Å²) in [5.74, 6) is -0.602. The number of hydrogen-bond acceptors (Lipinski definition) is 4. The van der Waals surface area contributed by atoms with Gasteiger partial charge in [-0.2, -0.15) is 0 Å². The molecule has 5 nitrogen and oxygen atoms in total. The van der Waals surface area contributed by atoms with Crippen LogP contribution in [-0.4, -0.2) is 35.6 Å². The molecule has 0 atom stereocenters. The van der Waals surface area contributed by atoms with Crippen molar-refractivity contribution in [1.29, 1.82) is 0 Å². The molecule has 150 valence electrons. The van der Waals surface area contributed by atoms with Crippen molar-refractivity contribution in [3.8, 4) is 0 Å². The van der Waals surface area contributed by atoms with Crippen LogP contribution in [0.2, 0.25) is 0 Å². The average molecular weight is 395 g/mol. The van der Waals surface area contributed by atoms with E-state index in [-0.39, 0.29) is 29.5 Å². The molecule has 0 unspecified atom stereocenters. The highest BCUT2D eigenvalue weighted by molar-refractivity contribution is 5.93. The summed E-state index contributed by atoms with van der Waals surface area (Å²) < 4.78 is 19.2. The quantitative estimate of drug-likeness (QED) is 0.735. The maximum absolute atomic E-state index is 13.5. The molecule has 3 aromatic rings. The Morgan fingerprint density at radius 3 is 2.59 bits per heavy atom. The number of amides is 1. The highest BCUT2D eigenvalue weighted by Crippen LogP contribution is 2.35. The number of fused-ring (bicyclic) bond motifs is 1. The minimum Gasteiger partial charge on any atom is -0.451 e. The number of aliphatic hydroxyl groups is 1. The molecule has 29 heavy (non-hydrogen) atoms. The standard InChI is InChI=1S/C23H22FNO4/c24-17-5-3-4-16(12-17)14-23(15-26)8-10-25(11-9-23)22(28)21-13-19(27)18-6-1-2-7-20(18)29-21/h1-7,12-13,26H,8-11,14-15H2. The first kappa shape index (κ1) is 19.3. The van der Waals surface area contributed by atoms with Crippen LogP contribution in [0.4, 0.5) is 4.39 Å². The monoisotopic (exact) mass is 395 g/mol. The lowest BCUT2D eigenvalue weighted by molar-refractivity contribution is 0.0340. The average Bonchev–Trinajstić information content (AvgIpc) is 2.74. The summed E-state index contributed by atoms with van der Waals surface area (Å²) >= 11 is 0. The van der Waals surface area contributed by atoms with E-state index in [0.29, 0.717) is 43.3 Å². The summed E-state index contributed by atoms with van der Waals surface area (Å²) in [5, 5.41) is 10.5. The Morgan fingerprint density at radius 1 is 1.10 bits per heavy atom. The SMILES string of the molecule is O=C(c1cc(=O)c2ccccc2o1)N1CCC(CO)(Cc2cccc(F)c2)CC1. The molecular weight excluding hydrogens is 373 g/mol. The van der Waals surface area contributed by atoms with Crippen molar-refractivity contribution < 1.29 is 18.7 Å². The summed E-state index contributed by atoms with van der Waals surface area (Å²) in [7, 11) is 0. The number of benzene rings is 2. The van der Waals surface area contributed by atoms with Crippen LogP contribution >= 0.6 is 0 Å². The van der Waals surface area contributed by atoms with Crippen LogP contribution in [0, 0.1) is 11.2 Å². The Bertz CT molecular complexity index is 1100. The van der Waals surface area contributed by atoms with Gasteiger partial charge in [0, 0.05) is 31.2 Å². The van der Waals surface area contributed by atoms with E-state index in [1.807, 2.05) is 6.07 Å². The van der Waals surface area contributed by atoms with Crippen LogP contribution in [0.3, 0.4) is 0 Å². The van der Waals surface area contributed by atoms with Crippen LogP contribution in [0.25, 0.3) is 11.0 Å². The Morgan fingerprint density at radius 2 is 1.86 bits per heavy atom. The molecule has 1 aliphatic rings. The Kier molecular flexibility index (Phi) is 5.20. The minimum absolute atomic E-state index is 0.0235. The summed E-state index contributed by atoms with van der Waals surface area (Å²) in [5.41, 5.74) is 0.577. The summed E-state index contributed by atoms with van der Waals surface area (Å²) in [4.78, 5) is 26.8. The van der Waals surface area contributed by atoms with E-state index in [1.165, 1.54) is 18.2 Å². The fraction of sp³-hybridized carbons (Fsp3) is 0.304. The zero-order chi connectivity index (χ0) is 20.4. The molecule has 2 heterocycles. The second-order valence-corrected chi connectivity index (χ2v) is 7.73. The van der Waals surface area contributed by atoms with Gasteiger partial charge in [-0.05, 0) is 49.1 Å². The largest absolute Gasteiger partial charge is 0.451 e. The van der Waals surface area contributed by atoms with E-state index in [1.54, 1.807) is 35.2 Å². The summed E-state index contributed by atoms with van der Waals surface area (Å²) in [6.07, 6.45) is 1.72. The van der Waals surface area contributed by atoms with Crippen molar-refractivity contribution in [2.75, 3.05) is 19.7 Å². The molecule has 0 aliphatic carbocycles. The fourth-order valence-electron chi connectivity index (χ4n) is 4.02. The molecule has 1 amide bonds. The number of para-hydroxylation sites is 1. The number of carbonyl (C=O) groups is 1. The van der Waals surface area contributed by atoms with Crippen LogP contribution in [0.5, 0.6) is 0 Å². The number of piperidine rings is 1. The predicted octanol–water partition coefficient (Wildman–Crippen LogP) is 3.39. The number of hydrogen-bond donors (Lipinski definition) is 1. The smallest absolute Gasteiger partial charge is 0.289 e. The molecule has 0 radical (unpaired) electrons. The molecule has 0 bridgehead atoms. The topological polar surface area (TPSA) is 70.8 Å². The number of rotatable bonds is 4. The predicted molar refractivity (Wildman–Crippen MR) is 107 cm³/mol. The first-order valence-electron chi connectivity index (χ1n) is 9.67. The third-order valence-corrected chi connectivity index (χ3v) is 5.76. The van der Waals surface area contributed by atoms with Crippen molar-refractivity contribution in [2.45, 2.75) is 19.3 Å². The maximum atomic E-state index is 13.5. The number of likely N-dealkylation sites (tertiary alicyclic amines) is 1. The maximum Gasteiger partial charge on any atom is 0.289 e. The normalized spacial score (nSPS) is 16.1. The van der Waals surface area contributed by atoms with Gasteiger partial charge in [-0.1, -0.05) is 24.3 Å². The number of halogens is 1. The number of carbonyl (C=O) groups excluding carboxylic acids is 1. The number of aliphatic hydroxyl groups excluding tert-OH is 1. The first-order chi connectivity index (χ1) is 14.0. The summed E-state index contributed by atoms with van der Waals surface area (Å²) in [6, 6.07) is 14.5. The van der Waals surface area contributed by atoms with Crippen molar-refractivity contribution in [1.82, 2.24) is 4.90 Å². The molecule has 1 aliphatic heterocycles. The van der Waals surface area contributed by atoms with E-state index in [0.717, 1.165) is 5.56 Å². The van der Waals surface area contributed by atoms with Gasteiger partial charge in [0.05, 0.1) is 5.39 Å². The molecule has 1 saturated heterocycles. The minimum atomic E-state index is -0.394. The highest BCUT2D eigenvalue weighted by atomic mass is 19.1. The molecule has 2 aromatic carbocycles. The van der Waals surface area contributed by atoms with Crippen LogP contribution in [-0.2, 0) is 6.42 Å². The van der Waals surface area contributed by atoms with Gasteiger partial charge in [-0.25, -0.2) is 4.39 Å². The molecule has 6 heteroatoms. The van der Waals surface area contributed by atoms with Gasteiger partial charge in [0.2, 0.25) is 0 Å². The lowest BCUT2D eigenvalue weighted by Crippen LogP contribution is -2.45. The number of nitrogens with zero attached hydrogens (tertiary/aromatic N) is 1. The molecular formula is C23H22FNO4. The Balaban J connectivity index is 1.50. The highest BCUT2D eigenvalue weighted by Gasteiger charge is 2.36. The van der Waals surface area contributed by atoms with E-state index in [2.05, 4.69) is 0 Å². The van der Waals surface area contributed by atoms with Crippen LogP contribution in [0.1, 0.15) is 29.0 Å². The van der Waals surface area contributed by atoms with Crippen molar-refractivity contribution in [2.24, 2.45) is 5.41 Å². The Labute approximate surface area is 167 Å². The lowest BCUT2D eigenvalue weighted by atomic mass is 9.74. The van der Waals surface area contributed by atoms with Crippen LogP contribution in [0.15, 0.2) is 63.8 Å². The molecule has 4 rings (SSSR count). The zero-order valence-electron chi connectivity index (χ0n) is 15.9. The molecule has 0 spiro atoms.